The topological polar surface area (TPSA) is 40.6 Å². The smallest absolute Gasteiger partial charge is 0.242 e. The van der Waals surface area contributed by atoms with Crippen molar-refractivity contribution in [1.82, 2.24) is 9.80 Å². The van der Waals surface area contributed by atoms with Gasteiger partial charge in [-0.25, -0.2) is 0 Å². The molecule has 0 saturated heterocycles. The molecule has 0 aliphatic rings. The Balaban J connectivity index is 2.18. The molecule has 1 aromatic heterocycles. The van der Waals surface area contributed by atoms with E-state index in [1.807, 2.05) is 66.6 Å². The van der Waals surface area contributed by atoms with E-state index in [9.17, 15) is 9.59 Å². The highest BCUT2D eigenvalue weighted by atomic mass is 35.5. The lowest BCUT2D eigenvalue weighted by atomic mass is 10.2. The normalized spacial score (nSPS) is 13.0. The molecule has 2 aromatic rings. The lowest BCUT2D eigenvalue weighted by Crippen LogP contribution is -2.48. The van der Waals surface area contributed by atoms with E-state index < -0.39 is 5.38 Å². The van der Waals surface area contributed by atoms with Gasteiger partial charge >= 0.3 is 0 Å². The van der Waals surface area contributed by atoms with Crippen molar-refractivity contribution >= 4 is 34.8 Å². The second kappa shape index (κ2) is 10.5. The summed E-state index contributed by atoms with van der Waals surface area (Å²) >= 11 is 7.64. The predicted octanol–water partition coefficient (Wildman–Crippen LogP) is 4.53. The van der Waals surface area contributed by atoms with Crippen molar-refractivity contribution in [3.8, 4) is 0 Å². The molecule has 27 heavy (non-hydrogen) atoms. The Morgan fingerprint density at radius 3 is 2.33 bits per heavy atom. The van der Waals surface area contributed by atoms with E-state index >= 15 is 0 Å². The van der Waals surface area contributed by atoms with E-state index in [0.717, 1.165) is 16.9 Å². The Morgan fingerprint density at radius 2 is 1.78 bits per heavy atom. The van der Waals surface area contributed by atoms with E-state index in [1.165, 1.54) is 0 Å². The Morgan fingerprint density at radius 1 is 1.07 bits per heavy atom. The minimum absolute atomic E-state index is 0.0389. The second-order valence-electron chi connectivity index (χ2n) is 6.65. The van der Waals surface area contributed by atoms with Crippen LogP contribution in [-0.4, -0.2) is 39.6 Å². The fraction of sp³-hybridized carbons (Fsp3) is 0.429. The summed E-state index contributed by atoms with van der Waals surface area (Å²) in [6, 6.07) is 13.9. The van der Waals surface area contributed by atoms with Gasteiger partial charge < -0.3 is 9.80 Å². The Labute approximate surface area is 170 Å². The number of thiophene rings is 1. The average molecular weight is 407 g/mol. The zero-order valence-electron chi connectivity index (χ0n) is 16.1. The van der Waals surface area contributed by atoms with Crippen LogP contribution in [0.15, 0.2) is 47.8 Å². The van der Waals surface area contributed by atoms with Crippen LogP contribution in [0.3, 0.4) is 0 Å². The summed E-state index contributed by atoms with van der Waals surface area (Å²) < 4.78 is 0. The summed E-state index contributed by atoms with van der Waals surface area (Å²) in [6.45, 7) is 6.69. The summed E-state index contributed by atoms with van der Waals surface area (Å²) in [5.41, 5.74) is 1.06. The molecule has 4 nitrogen and oxygen atoms in total. The molecular formula is C21H27ClN2O2S. The van der Waals surface area contributed by atoms with Crippen LogP contribution in [-0.2, 0) is 22.7 Å². The maximum absolute atomic E-state index is 13.1. The van der Waals surface area contributed by atoms with Gasteiger partial charge in [0.05, 0.1) is 6.54 Å². The molecule has 0 radical (unpaired) electrons. The number of hydrogen-bond acceptors (Lipinski definition) is 3. The number of rotatable bonds is 9. The maximum atomic E-state index is 13.1. The Hall–Kier alpha value is -1.85. The van der Waals surface area contributed by atoms with E-state index in [4.69, 9.17) is 11.6 Å². The van der Waals surface area contributed by atoms with E-state index in [1.54, 1.807) is 23.2 Å². The van der Waals surface area contributed by atoms with Gasteiger partial charge in [0.2, 0.25) is 11.8 Å². The molecule has 2 rings (SSSR count). The van der Waals surface area contributed by atoms with Gasteiger partial charge in [-0.1, -0.05) is 43.3 Å². The molecule has 1 aromatic carbocycles. The van der Waals surface area contributed by atoms with Crippen molar-refractivity contribution in [1.29, 1.82) is 0 Å². The van der Waals surface area contributed by atoms with Crippen LogP contribution in [0, 0.1) is 0 Å². The SMILES string of the molecule is CC[C@H](C)N(CC(=O)N(Cc1ccccc1)Cc1cccs1)C(=O)[C@H](C)Cl. The van der Waals surface area contributed by atoms with Crippen molar-refractivity contribution < 1.29 is 9.59 Å². The first kappa shape index (κ1) is 21.5. The van der Waals surface area contributed by atoms with E-state index in [-0.39, 0.29) is 24.4 Å². The molecule has 0 fully saturated rings. The van der Waals surface area contributed by atoms with Crippen LogP contribution in [0.1, 0.15) is 37.6 Å². The second-order valence-corrected chi connectivity index (χ2v) is 8.34. The van der Waals surface area contributed by atoms with Gasteiger partial charge in [-0.15, -0.1) is 22.9 Å². The van der Waals surface area contributed by atoms with Crippen molar-refractivity contribution in [3.05, 3.63) is 58.3 Å². The van der Waals surface area contributed by atoms with Crippen LogP contribution in [0.4, 0.5) is 0 Å². The van der Waals surface area contributed by atoms with Crippen LogP contribution in [0.25, 0.3) is 0 Å². The zero-order chi connectivity index (χ0) is 19.8. The van der Waals surface area contributed by atoms with E-state index in [2.05, 4.69) is 0 Å². The molecule has 0 saturated carbocycles. The van der Waals surface area contributed by atoms with Gasteiger partial charge in [0.1, 0.15) is 11.9 Å². The van der Waals surface area contributed by atoms with Gasteiger partial charge in [-0.3, -0.25) is 9.59 Å². The minimum Gasteiger partial charge on any atom is -0.332 e. The number of amides is 2. The monoisotopic (exact) mass is 406 g/mol. The minimum atomic E-state index is -0.647. The summed E-state index contributed by atoms with van der Waals surface area (Å²) in [7, 11) is 0. The fourth-order valence-electron chi connectivity index (χ4n) is 2.77. The number of halogens is 1. The molecule has 0 aliphatic carbocycles. The van der Waals surface area contributed by atoms with Crippen LogP contribution in [0.2, 0.25) is 0 Å². The van der Waals surface area contributed by atoms with Crippen LogP contribution >= 0.6 is 22.9 Å². The quantitative estimate of drug-likeness (QED) is 0.574. The fourth-order valence-corrected chi connectivity index (χ4v) is 3.62. The molecule has 2 amide bonds. The highest BCUT2D eigenvalue weighted by Crippen LogP contribution is 2.16. The Kier molecular flexibility index (Phi) is 8.32. The average Bonchev–Trinajstić information content (AvgIpc) is 3.18. The zero-order valence-corrected chi connectivity index (χ0v) is 17.7. The van der Waals surface area contributed by atoms with Crippen molar-refractivity contribution in [2.24, 2.45) is 0 Å². The molecule has 0 aliphatic heterocycles. The predicted molar refractivity (Wildman–Crippen MR) is 112 cm³/mol. The molecule has 6 heteroatoms. The third kappa shape index (κ3) is 6.36. The molecule has 2 atom stereocenters. The molecule has 0 N–H and O–H groups in total. The highest BCUT2D eigenvalue weighted by molar-refractivity contribution is 7.09. The standard InChI is InChI=1S/C21H27ClN2O2S/c1-4-16(2)24(21(26)17(3)22)15-20(25)23(14-19-11-8-12-27-19)13-18-9-6-5-7-10-18/h5-12,16-17H,4,13-15H2,1-3H3/t16-,17-/m0/s1. The molecule has 0 spiro atoms. The van der Waals surface area contributed by atoms with Gasteiger partial charge in [-0.2, -0.15) is 0 Å². The molecule has 0 bridgehead atoms. The number of carbonyl (C=O) groups is 2. The lowest BCUT2D eigenvalue weighted by molar-refractivity contribution is -0.142. The maximum Gasteiger partial charge on any atom is 0.242 e. The number of nitrogens with zero attached hydrogens (tertiary/aromatic N) is 2. The molecular weight excluding hydrogens is 380 g/mol. The van der Waals surface area contributed by atoms with Crippen molar-refractivity contribution in [2.45, 2.75) is 51.7 Å². The molecule has 1 heterocycles. The van der Waals surface area contributed by atoms with Gasteiger partial charge in [0.25, 0.3) is 0 Å². The van der Waals surface area contributed by atoms with Crippen LogP contribution < -0.4 is 0 Å². The largest absolute Gasteiger partial charge is 0.332 e. The lowest BCUT2D eigenvalue weighted by Gasteiger charge is -2.32. The third-order valence-electron chi connectivity index (χ3n) is 4.55. The summed E-state index contributed by atoms with van der Waals surface area (Å²) in [6.07, 6.45) is 0.770. The van der Waals surface area contributed by atoms with Gasteiger partial charge in [-0.05, 0) is 37.3 Å². The first-order valence-electron chi connectivity index (χ1n) is 9.21. The van der Waals surface area contributed by atoms with E-state index in [0.29, 0.717) is 13.1 Å². The number of carbonyl (C=O) groups excluding carboxylic acids is 2. The van der Waals surface area contributed by atoms with Crippen molar-refractivity contribution in [2.75, 3.05) is 6.54 Å². The molecule has 146 valence electrons. The van der Waals surface area contributed by atoms with Gasteiger partial charge in [0, 0.05) is 17.5 Å². The first-order valence-corrected chi connectivity index (χ1v) is 10.5. The van der Waals surface area contributed by atoms with Gasteiger partial charge in [0.15, 0.2) is 0 Å². The number of benzene rings is 1. The highest BCUT2D eigenvalue weighted by Gasteiger charge is 2.27. The summed E-state index contributed by atoms with van der Waals surface area (Å²) in [5, 5.41) is 1.36. The Bertz CT molecular complexity index is 719. The number of alkyl halides is 1. The number of hydrogen-bond donors (Lipinski definition) is 0. The summed E-state index contributed by atoms with van der Waals surface area (Å²) in [5.74, 6) is -0.270. The first-order chi connectivity index (χ1) is 12.9. The third-order valence-corrected chi connectivity index (χ3v) is 5.60. The molecule has 0 unspecified atom stereocenters. The van der Waals surface area contributed by atoms with Crippen LogP contribution in [0.5, 0.6) is 0 Å². The van der Waals surface area contributed by atoms with Crippen molar-refractivity contribution in [3.63, 3.8) is 0 Å². The summed E-state index contributed by atoms with van der Waals surface area (Å²) in [4.78, 5) is 30.2.